The Hall–Kier alpha value is -3.26. The Morgan fingerprint density at radius 1 is 1.14 bits per heavy atom. The molecule has 1 amide bonds. The van der Waals surface area contributed by atoms with E-state index in [4.69, 9.17) is 0 Å². The molecule has 0 bridgehead atoms. The van der Waals surface area contributed by atoms with Gasteiger partial charge in [-0.15, -0.1) is 0 Å². The fourth-order valence-corrected chi connectivity index (χ4v) is 3.67. The van der Waals surface area contributed by atoms with Crippen LogP contribution in [0.4, 0.5) is 10.1 Å². The van der Waals surface area contributed by atoms with Crippen molar-refractivity contribution in [3.05, 3.63) is 77.7 Å². The monoisotopic (exact) mass is 413 g/mol. The molecule has 1 N–H and O–H groups in total. The molecule has 1 heterocycles. The summed E-state index contributed by atoms with van der Waals surface area (Å²) < 4.78 is 37.5. The first kappa shape index (κ1) is 20.5. The topological polar surface area (TPSA) is 81.1 Å². The molecule has 0 unspecified atom stereocenters. The molecule has 0 radical (unpaired) electrons. The van der Waals surface area contributed by atoms with E-state index in [0.717, 1.165) is 16.8 Å². The van der Waals surface area contributed by atoms with Crippen LogP contribution in [0.2, 0.25) is 0 Å². The van der Waals surface area contributed by atoms with Crippen molar-refractivity contribution >= 4 is 27.5 Å². The predicted molar refractivity (Wildman–Crippen MR) is 111 cm³/mol. The van der Waals surface area contributed by atoms with Gasteiger partial charge in [0.2, 0.25) is 5.91 Å². The molecule has 0 aliphatic rings. The van der Waals surface area contributed by atoms with Crippen LogP contribution in [-0.2, 0) is 27.4 Å². The highest BCUT2D eigenvalue weighted by Gasteiger charge is 2.10. The van der Waals surface area contributed by atoms with Crippen LogP contribution in [0.3, 0.4) is 0 Å². The fraction of sp³-hybridized carbons (Fsp3) is 0.143. The summed E-state index contributed by atoms with van der Waals surface area (Å²) in [6, 6.07) is 12.7. The normalized spacial score (nSPS) is 11.7. The second-order valence-corrected chi connectivity index (χ2v) is 8.81. The summed E-state index contributed by atoms with van der Waals surface area (Å²) in [7, 11) is -1.34. The van der Waals surface area contributed by atoms with Crippen LogP contribution in [-0.4, -0.2) is 30.4 Å². The van der Waals surface area contributed by atoms with Gasteiger partial charge in [0.25, 0.3) is 0 Å². The first-order valence-electron chi connectivity index (χ1n) is 8.75. The van der Waals surface area contributed by atoms with Gasteiger partial charge in [-0.25, -0.2) is 12.8 Å². The molecule has 3 aromatic rings. The van der Waals surface area contributed by atoms with Crippen molar-refractivity contribution < 1.29 is 17.6 Å². The predicted octanol–water partition coefficient (Wildman–Crippen LogP) is 3.42. The number of benzene rings is 2. The Labute approximate surface area is 168 Å². The van der Waals surface area contributed by atoms with Crippen LogP contribution in [0.25, 0.3) is 17.3 Å². The van der Waals surface area contributed by atoms with Crippen LogP contribution < -0.4 is 5.32 Å². The minimum absolute atomic E-state index is 0.0473. The number of hydrogen-bond acceptors (Lipinski definition) is 4. The van der Waals surface area contributed by atoms with Crippen molar-refractivity contribution in [1.29, 1.82) is 0 Å². The molecule has 29 heavy (non-hydrogen) atoms. The van der Waals surface area contributed by atoms with E-state index in [1.165, 1.54) is 24.5 Å². The average molecular weight is 413 g/mol. The maximum Gasteiger partial charge on any atom is 0.248 e. The number of carbonyl (C=O) groups is 1. The van der Waals surface area contributed by atoms with Crippen molar-refractivity contribution in [3.63, 3.8) is 0 Å². The second-order valence-electron chi connectivity index (χ2n) is 6.67. The molecule has 0 aliphatic carbocycles. The molecule has 3 rings (SSSR count). The molecule has 0 atom stereocenters. The summed E-state index contributed by atoms with van der Waals surface area (Å²) in [6.07, 6.45) is 5.82. The lowest BCUT2D eigenvalue weighted by Crippen LogP contribution is -2.08. The SMILES string of the molecule is Cn1ncc(C=CC(=O)Nc2ccc(CS(C)(=O)=O)cc2)c1-c1ccc(F)cc1. The minimum Gasteiger partial charge on any atom is -0.323 e. The molecule has 0 saturated carbocycles. The van der Waals surface area contributed by atoms with Gasteiger partial charge in [0.15, 0.2) is 9.84 Å². The molecule has 0 spiro atoms. The molecule has 150 valence electrons. The summed E-state index contributed by atoms with van der Waals surface area (Å²) in [4.78, 5) is 12.2. The first-order valence-corrected chi connectivity index (χ1v) is 10.8. The number of carbonyl (C=O) groups excluding carboxylic acids is 1. The van der Waals surface area contributed by atoms with E-state index in [9.17, 15) is 17.6 Å². The molecule has 8 heteroatoms. The van der Waals surface area contributed by atoms with Crippen molar-refractivity contribution in [3.8, 4) is 11.3 Å². The van der Waals surface area contributed by atoms with E-state index in [-0.39, 0.29) is 17.5 Å². The lowest BCUT2D eigenvalue weighted by atomic mass is 10.1. The number of hydrogen-bond donors (Lipinski definition) is 1. The standard InChI is InChI=1S/C21H20FN3O3S/c1-25-21(16-5-8-18(22)9-6-16)17(13-23-25)7-12-20(26)24-19-10-3-15(4-11-19)14-29(2,27)28/h3-13H,14H2,1-2H3,(H,24,26). The summed E-state index contributed by atoms with van der Waals surface area (Å²) >= 11 is 0. The van der Waals surface area contributed by atoms with Gasteiger partial charge in [0.05, 0.1) is 17.6 Å². The third kappa shape index (κ3) is 5.61. The van der Waals surface area contributed by atoms with E-state index >= 15 is 0 Å². The third-order valence-corrected chi connectivity index (χ3v) is 5.01. The molecule has 0 aliphatic heterocycles. The lowest BCUT2D eigenvalue weighted by Gasteiger charge is -2.05. The number of sulfone groups is 1. The highest BCUT2D eigenvalue weighted by Crippen LogP contribution is 2.24. The zero-order chi connectivity index (χ0) is 21.0. The van der Waals surface area contributed by atoms with Crippen LogP contribution in [0, 0.1) is 5.82 Å². The lowest BCUT2D eigenvalue weighted by molar-refractivity contribution is -0.111. The quantitative estimate of drug-likeness (QED) is 0.628. The molecule has 1 aromatic heterocycles. The van der Waals surface area contributed by atoms with E-state index in [1.807, 2.05) is 0 Å². The Balaban J connectivity index is 1.71. The Bertz CT molecular complexity index is 1150. The van der Waals surface area contributed by atoms with Crippen molar-refractivity contribution in [1.82, 2.24) is 9.78 Å². The highest BCUT2D eigenvalue weighted by atomic mass is 32.2. The largest absolute Gasteiger partial charge is 0.323 e. The maximum absolute atomic E-state index is 13.2. The van der Waals surface area contributed by atoms with E-state index in [0.29, 0.717) is 11.3 Å². The van der Waals surface area contributed by atoms with E-state index in [1.54, 1.807) is 60.4 Å². The summed E-state index contributed by atoms with van der Waals surface area (Å²) in [5, 5.41) is 6.93. The number of nitrogens with one attached hydrogen (secondary N) is 1. The Kier molecular flexibility index (Phi) is 5.93. The minimum atomic E-state index is -3.11. The van der Waals surface area contributed by atoms with E-state index < -0.39 is 9.84 Å². The summed E-state index contributed by atoms with van der Waals surface area (Å²) in [5.74, 6) is -0.710. The van der Waals surface area contributed by atoms with Gasteiger partial charge in [0.1, 0.15) is 5.82 Å². The highest BCUT2D eigenvalue weighted by molar-refractivity contribution is 7.89. The van der Waals surface area contributed by atoms with Crippen molar-refractivity contribution in [2.75, 3.05) is 11.6 Å². The molecule has 6 nitrogen and oxygen atoms in total. The van der Waals surface area contributed by atoms with Gasteiger partial charge in [-0.2, -0.15) is 5.10 Å². The Morgan fingerprint density at radius 3 is 2.41 bits per heavy atom. The fourth-order valence-electron chi connectivity index (χ4n) is 2.87. The van der Waals surface area contributed by atoms with Gasteiger partial charge < -0.3 is 5.32 Å². The van der Waals surface area contributed by atoms with Crippen LogP contribution in [0.15, 0.2) is 60.8 Å². The van der Waals surface area contributed by atoms with Crippen LogP contribution in [0.1, 0.15) is 11.1 Å². The van der Waals surface area contributed by atoms with Crippen molar-refractivity contribution in [2.24, 2.45) is 7.05 Å². The number of anilines is 1. The van der Waals surface area contributed by atoms with Crippen molar-refractivity contribution in [2.45, 2.75) is 5.75 Å². The number of amides is 1. The zero-order valence-corrected chi connectivity index (χ0v) is 16.8. The van der Waals surface area contributed by atoms with Gasteiger partial charge >= 0.3 is 0 Å². The Morgan fingerprint density at radius 2 is 1.79 bits per heavy atom. The average Bonchev–Trinajstić information content (AvgIpc) is 3.02. The number of nitrogens with zero attached hydrogens (tertiary/aromatic N) is 2. The summed E-state index contributed by atoms with van der Waals surface area (Å²) in [6.45, 7) is 0. The first-order chi connectivity index (χ1) is 13.7. The number of aryl methyl sites for hydroxylation is 1. The molecule has 0 fully saturated rings. The summed E-state index contributed by atoms with van der Waals surface area (Å²) in [5.41, 5.74) is 3.48. The number of rotatable bonds is 6. The van der Waals surface area contributed by atoms with Gasteiger partial charge in [-0.3, -0.25) is 9.48 Å². The molecule has 2 aromatic carbocycles. The third-order valence-electron chi connectivity index (χ3n) is 4.15. The van der Waals surface area contributed by atoms with Gasteiger partial charge in [0, 0.05) is 36.2 Å². The number of aromatic nitrogens is 2. The maximum atomic E-state index is 13.2. The molecular formula is C21H20FN3O3S. The second kappa shape index (κ2) is 8.40. The number of halogens is 1. The van der Waals surface area contributed by atoms with Crippen LogP contribution in [0.5, 0.6) is 0 Å². The van der Waals surface area contributed by atoms with Crippen LogP contribution >= 0.6 is 0 Å². The molecular weight excluding hydrogens is 393 g/mol. The van der Waals surface area contributed by atoms with Gasteiger partial charge in [-0.1, -0.05) is 12.1 Å². The zero-order valence-electron chi connectivity index (χ0n) is 16.0. The smallest absolute Gasteiger partial charge is 0.248 e. The van der Waals surface area contributed by atoms with Gasteiger partial charge in [-0.05, 0) is 48.0 Å². The molecule has 0 saturated heterocycles. The van der Waals surface area contributed by atoms with E-state index in [2.05, 4.69) is 10.4 Å².